The number of fused-ring (bicyclic) bond motifs is 1. The van der Waals surface area contributed by atoms with Crippen molar-refractivity contribution in [1.82, 2.24) is 10.2 Å². The van der Waals surface area contributed by atoms with Crippen LogP contribution in [0.3, 0.4) is 0 Å². The van der Waals surface area contributed by atoms with Crippen LogP contribution in [0.1, 0.15) is 52.9 Å². The number of carbonyl (C=O) groups is 1. The Hall–Kier alpha value is -0.810. The molecule has 2 atom stereocenters. The number of rotatable bonds is 4. The number of hydrogen-bond donors (Lipinski definition) is 2. The highest BCUT2D eigenvalue weighted by Gasteiger charge is 2.57. The summed E-state index contributed by atoms with van der Waals surface area (Å²) in [6.45, 7) is 8.56. The second-order valence-electron chi connectivity index (χ2n) is 8.84. The van der Waals surface area contributed by atoms with Gasteiger partial charge in [-0.3, -0.25) is 0 Å². The van der Waals surface area contributed by atoms with Crippen molar-refractivity contribution >= 4 is 6.09 Å². The topological polar surface area (TPSA) is 61.8 Å². The first-order valence-corrected chi connectivity index (χ1v) is 9.16. The fraction of sp³-hybridized carbons (Fsp3) is 0.944. The van der Waals surface area contributed by atoms with E-state index in [1.54, 1.807) is 0 Å². The molecule has 0 spiro atoms. The Morgan fingerprint density at radius 2 is 1.83 bits per heavy atom. The molecule has 3 rings (SSSR count). The van der Waals surface area contributed by atoms with Crippen molar-refractivity contribution in [2.75, 3.05) is 26.2 Å². The first kappa shape index (κ1) is 17.0. The number of nitrogens with one attached hydrogen (secondary N) is 1. The largest absolute Gasteiger partial charge is 0.444 e. The van der Waals surface area contributed by atoms with Crippen molar-refractivity contribution in [3.05, 3.63) is 0 Å². The maximum Gasteiger partial charge on any atom is 0.410 e. The van der Waals surface area contributed by atoms with Gasteiger partial charge in [-0.05, 0) is 45.4 Å². The molecule has 23 heavy (non-hydrogen) atoms. The molecule has 2 N–H and O–H groups in total. The Balaban J connectivity index is 1.43. The maximum atomic E-state index is 12.1. The number of piperidine rings is 1. The highest BCUT2D eigenvalue weighted by Crippen LogP contribution is 2.46. The smallest absolute Gasteiger partial charge is 0.410 e. The van der Waals surface area contributed by atoms with Crippen LogP contribution in [-0.4, -0.2) is 54.0 Å². The van der Waals surface area contributed by atoms with Crippen LogP contribution in [0, 0.1) is 17.3 Å². The molecule has 2 unspecified atom stereocenters. The fourth-order valence-electron chi connectivity index (χ4n) is 4.33. The van der Waals surface area contributed by atoms with Gasteiger partial charge in [0, 0.05) is 37.7 Å². The summed E-state index contributed by atoms with van der Waals surface area (Å²) in [6.07, 6.45) is 5.90. The predicted molar refractivity (Wildman–Crippen MR) is 89.2 cm³/mol. The van der Waals surface area contributed by atoms with E-state index < -0.39 is 5.60 Å². The molecule has 5 nitrogen and oxygen atoms in total. The van der Waals surface area contributed by atoms with Crippen molar-refractivity contribution in [1.29, 1.82) is 0 Å². The van der Waals surface area contributed by atoms with Crippen molar-refractivity contribution in [3.63, 3.8) is 0 Å². The number of aliphatic hydroxyl groups is 1. The first-order valence-electron chi connectivity index (χ1n) is 9.16. The van der Waals surface area contributed by atoms with Gasteiger partial charge in [0.2, 0.25) is 0 Å². The van der Waals surface area contributed by atoms with Crippen molar-refractivity contribution in [3.8, 4) is 0 Å². The van der Waals surface area contributed by atoms with Crippen molar-refractivity contribution < 1.29 is 14.6 Å². The summed E-state index contributed by atoms with van der Waals surface area (Å²) in [6, 6.07) is 0.527. The molecule has 1 saturated heterocycles. The van der Waals surface area contributed by atoms with Crippen LogP contribution in [0.5, 0.6) is 0 Å². The summed E-state index contributed by atoms with van der Waals surface area (Å²) < 4.78 is 5.45. The Bertz CT molecular complexity index is 428. The molecule has 0 aromatic heterocycles. The van der Waals surface area contributed by atoms with Crippen LogP contribution in [0.25, 0.3) is 0 Å². The standard InChI is InChI=1S/C18H32N2O3/c1-17(2,3)23-16(22)20-9-13-14(10-20)15(13)19-11-18(12-21)7-5-4-6-8-18/h13-15,19,21H,4-12H2,1-3H3. The molecular weight excluding hydrogens is 292 g/mol. The normalized spacial score (nSPS) is 32.5. The fourth-order valence-corrected chi connectivity index (χ4v) is 4.33. The third-order valence-electron chi connectivity index (χ3n) is 5.81. The minimum atomic E-state index is -0.421. The summed E-state index contributed by atoms with van der Waals surface area (Å²) in [5, 5.41) is 13.5. The summed E-state index contributed by atoms with van der Waals surface area (Å²) in [5.41, 5.74) is -0.323. The monoisotopic (exact) mass is 324 g/mol. The zero-order valence-electron chi connectivity index (χ0n) is 14.8. The van der Waals surface area contributed by atoms with Gasteiger partial charge in [-0.15, -0.1) is 0 Å². The van der Waals surface area contributed by atoms with E-state index in [1.165, 1.54) is 19.3 Å². The quantitative estimate of drug-likeness (QED) is 0.833. The summed E-state index contributed by atoms with van der Waals surface area (Å²) in [5.74, 6) is 1.14. The van der Waals surface area contributed by atoms with Crippen LogP contribution in [0.2, 0.25) is 0 Å². The molecule has 3 aliphatic rings. The Labute approximate surface area is 139 Å². The molecule has 1 amide bonds. The van der Waals surface area contributed by atoms with Crippen LogP contribution >= 0.6 is 0 Å². The van der Waals surface area contributed by atoms with Gasteiger partial charge in [0.25, 0.3) is 0 Å². The molecule has 2 aliphatic carbocycles. The van der Waals surface area contributed by atoms with Gasteiger partial charge in [0.15, 0.2) is 0 Å². The van der Waals surface area contributed by atoms with E-state index >= 15 is 0 Å². The van der Waals surface area contributed by atoms with E-state index in [2.05, 4.69) is 5.32 Å². The highest BCUT2D eigenvalue weighted by molar-refractivity contribution is 5.69. The number of amides is 1. The maximum absolute atomic E-state index is 12.1. The van der Waals surface area contributed by atoms with Gasteiger partial charge < -0.3 is 20.1 Å². The minimum absolute atomic E-state index is 0.0972. The molecule has 2 saturated carbocycles. The molecule has 3 fully saturated rings. The SMILES string of the molecule is CC(C)(C)OC(=O)N1CC2C(C1)C2NCC1(CO)CCCCC1. The van der Waals surface area contributed by atoms with Gasteiger partial charge in [0.05, 0.1) is 0 Å². The summed E-state index contributed by atoms with van der Waals surface area (Å²) in [4.78, 5) is 13.9. The molecule has 0 aromatic carbocycles. The van der Waals surface area contributed by atoms with E-state index in [1.807, 2.05) is 25.7 Å². The van der Waals surface area contributed by atoms with E-state index in [9.17, 15) is 9.90 Å². The zero-order valence-corrected chi connectivity index (χ0v) is 14.8. The average Bonchev–Trinajstić information content (AvgIpc) is 2.94. The van der Waals surface area contributed by atoms with Gasteiger partial charge in [-0.25, -0.2) is 4.79 Å². The number of aliphatic hydroxyl groups excluding tert-OH is 1. The second kappa shape index (κ2) is 6.25. The third-order valence-corrected chi connectivity index (χ3v) is 5.81. The Kier molecular flexibility index (Phi) is 4.62. The lowest BCUT2D eigenvalue weighted by Gasteiger charge is -2.36. The van der Waals surface area contributed by atoms with E-state index in [-0.39, 0.29) is 11.5 Å². The third kappa shape index (κ3) is 3.82. The van der Waals surface area contributed by atoms with Gasteiger partial charge in [-0.2, -0.15) is 0 Å². The zero-order chi connectivity index (χ0) is 16.7. The Morgan fingerprint density at radius 1 is 1.22 bits per heavy atom. The molecule has 1 heterocycles. The molecule has 0 bridgehead atoms. The van der Waals surface area contributed by atoms with E-state index in [0.29, 0.717) is 24.5 Å². The van der Waals surface area contributed by atoms with Crippen LogP contribution in [-0.2, 0) is 4.74 Å². The van der Waals surface area contributed by atoms with Crippen molar-refractivity contribution in [2.45, 2.75) is 64.5 Å². The number of hydrogen-bond acceptors (Lipinski definition) is 4. The minimum Gasteiger partial charge on any atom is -0.444 e. The second-order valence-corrected chi connectivity index (χ2v) is 8.84. The lowest BCUT2D eigenvalue weighted by atomic mass is 9.74. The molecule has 132 valence electrons. The molecule has 0 radical (unpaired) electrons. The van der Waals surface area contributed by atoms with Crippen molar-refractivity contribution in [2.24, 2.45) is 17.3 Å². The molecule has 1 aliphatic heterocycles. The number of carbonyl (C=O) groups excluding carboxylic acids is 1. The van der Waals surface area contributed by atoms with E-state index in [4.69, 9.17) is 4.74 Å². The van der Waals surface area contributed by atoms with Crippen LogP contribution < -0.4 is 5.32 Å². The predicted octanol–water partition coefficient (Wildman–Crippen LogP) is 2.38. The summed E-state index contributed by atoms with van der Waals surface area (Å²) in [7, 11) is 0. The van der Waals surface area contributed by atoms with Gasteiger partial charge in [0.1, 0.15) is 5.60 Å². The van der Waals surface area contributed by atoms with Crippen LogP contribution in [0.4, 0.5) is 4.79 Å². The Morgan fingerprint density at radius 3 is 2.35 bits per heavy atom. The number of likely N-dealkylation sites (tertiary alicyclic amines) is 1. The number of nitrogens with zero attached hydrogens (tertiary/aromatic N) is 1. The van der Waals surface area contributed by atoms with E-state index in [0.717, 1.165) is 32.5 Å². The van der Waals surface area contributed by atoms with Gasteiger partial charge in [-0.1, -0.05) is 19.3 Å². The highest BCUT2D eigenvalue weighted by atomic mass is 16.6. The lowest BCUT2D eigenvalue weighted by molar-refractivity contribution is 0.0266. The lowest BCUT2D eigenvalue weighted by Crippen LogP contribution is -2.43. The molecule has 5 heteroatoms. The average molecular weight is 324 g/mol. The summed E-state index contributed by atoms with van der Waals surface area (Å²) >= 11 is 0. The number of ether oxygens (including phenoxy) is 1. The molecular formula is C18H32N2O3. The molecule has 0 aromatic rings. The first-order chi connectivity index (χ1) is 10.8. The van der Waals surface area contributed by atoms with Gasteiger partial charge >= 0.3 is 6.09 Å². The van der Waals surface area contributed by atoms with Crippen LogP contribution in [0.15, 0.2) is 0 Å².